The Balaban J connectivity index is 3.20. The number of hydrogen-bond donors (Lipinski definition) is 2. The number of carbonyl (C=O) groups is 1. The van der Waals surface area contributed by atoms with Crippen molar-refractivity contribution in [1.82, 2.24) is 0 Å². The normalized spacial score (nSPS) is 11.2. The van der Waals surface area contributed by atoms with Crippen LogP contribution in [0.5, 0.6) is 5.75 Å². The lowest BCUT2D eigenvalue weighted by Gasteiger charge is -2.08. The summed E-state index contributed by atoms with van der Waals surface area (Å²) >= 11 is 0. The Kier molecular flexibility index (Phi) is 4.69. The molecule has 0 aliphatic rings. The van der Waals surface area contributed by atoms with Gasteiger partial charge < -0.3 is 15.6 Å². The van der Waals surface area contributed by atoms with Gasteiger partial charge in [0.15, 0.2) is 9.84 Å². The third kappa shape index (κ3) is 3.21. The molecule has 0 saturated carbocycles. The molecule has 1 amide bonds. The minimum atomic E-state index is -3.53. The highest BCUT2D eigenvalue weighted by Crippen LogP contribution is 2.23. The highest BCUT2D eigenvalue weighted by atomic mass is 32.2. The van der Waals surface area contributed by atoms with Crippen molar-refractivity contribution >= 4 is 15.7 Å². The smallest absolute Gasteiger partial charge is 0.252 e. The molecule has 0 aliphatic heterocycles. The predicted octanol–water partition coefficient (Wildman–Crippen LogP) is -0.0498. The number of primary amides is 1. The van der Waals surface area contributed by atoms with E-state index in [1.807, 2.05) is 0 Å². The van der Waals surface area contributed by atoms with Crippen LogP contribution in [-0.2, 0) is 9.84 Å². The summed E-state index contributed by atoms with van der Waals surface area (Å²) in [6, 6.07) is 3.91. The van der Waals surface area contributed by atoms with Gasteiger partial charge in [0.2, 0.25) is 0 Å². The van der Waals surface area contributed by atoms with Crippen LogP contribution in [0.3, 0.4) is 0 Å². The van der Waals surface area contributed by atoms with Gasteiger partial charge in [-0.05, 0) is 24.6 Å². The summed E-state index contributed by atoms with van der Waals surface area (Å²) in [5.74, 6) is -0.719. The van der Waals surface area contributed by atoms with E-state index in [9.17, 15) is 13.2 Å². The Labute approximate surface area is 105 Å². The Hall–Kier alpha value is -1.60. The molecule has 100 valence electrons. The first-order valence-electron chi connectivity index (χ1n) is 5.24. The minimum Gasteiger partial charge on any atom is -0.496 e. The second kappa shape index (κ2) is 5.83. The number of hydrogen-bond acceptors (Lipinski definition) is 5. The highest BCUT2D eigenvalue weighted by molar-refractivity contribution is 7.91. The van der Waals surface area contributed by atoms with Crippen molar-refractivity contribution in [2.45, 2.75) is 11.3 Å². The molecule has 7 heteroatoms. The highest BCUT2D eigenvalue weighted by Gasteiger charge is 2.18. The van der Waals surface area contributed by atoms with Crippen LogP contribution >= 0.6 is 0 Å². The zero-order valence-electron chi connectivity index (χ0n) is 9.92. The van der Waals surface area contributed by atoms with Gasteiger partial charge in [-0.25, -0.2) is 8.42 Å². The fourth-order valence-electron chi connectivity index (χ4n) is 1.45. The van der Waals surface area contributed by atoms with Crippen LogP contribution in [-0.4, -0.2) is 38.9 Å². The summed E-state index contributed by atoms with van der Waals surface area (Å²) in [5.41, 5.74) is 5.16. The molecule has 0 spiro atoms. The fourth-order valence-corrected chi connectivity index (χ4v) is 2.76. The van der Waals surface area contributed by atoms with E-state index in [1.54, 1.807) is 0 Å². The summed E-state index contributed by atoms with van der Waals surface area (Å²) < 4.78 is 28.6. The lowest BCUT2D eigenvalue weighted by atomic mass is 10.2. The van der Waals surface area contributed by atoms with E-state index in [1.165, 1.54) is 25.3 Å². The molecule has 0 atom stereocenters. The van der Waals surface area contributed by atoms with E-state index in [-0.39, 0.29) is 35.0 Å². The molecule has 0 heterocycles. The first-order valence-corrected chi connectivity index (χ1v) is 6.89. The maximum Gasteiger partial charge on any atom is 0.252 e. The molecule has 0 fully saturated rings. The Morgan fingerprint density at radius 2 is 2.11 bits per heavy atom. The number of sulfone groups is 1. The summed E-state index contributed by atoms with van der Waals surface area (Å²) in [6.45, 7) is -0.210. The topological polar surface area (TPSA) is 107 Å². The van der Waals surface area contributed by atoms with Gasteiger partial charge in [0.05, 0.1) is 23.3 Å². The Bertz CT molecular complexity index is 538. The van der Waals surface area contributed by atoms with Gasteiger partial charge in [0, 0.05) is 6.61 Å². The van der Waals surface area contributed by atoms with E-state index in [4.69, 9.17) is 15.6 Å². The summed E-state index contributed by atoms with van der Waals surface area (Å²) in [4.78, 5) is 11.2. The summed E-state index contributed by atoms with van der Waals surface area (Å²) in [7, 11) is -2.16. The van der Waals surface area contributed by atoms with Gasteiger partial charge in [-0.1, -0.05) is 0 Å². The van der Waals surface area contributed by atoms with Gasteiger partial charge in [0.25, 0.3) is 5.91 Å². The van der Waals surface area contributed by atoms with Gasteiger partial charge in [0.1, 0.15) is 5.75 Å². The van der Waals surface area contributed by atoms with E-state index in [0.717, 1.165) is 0 Å². The lowest BCUT2D eigenvalue weighted by Crippen LogP contribution is -2.15. The number of methoxy groups -OCH3 is 1. The molecule has 6 nitrogen and oxygen atoms in total. The van der Waals surface area contributed by atoms with Gasteiger partial charge in [-0.2, -0.15) is 0 Å². The van der Waals surface area contributed by atoms with Crippen molar-refractivity contribution in [2.75, 3.05) is 19.5 Å². The van der Waals surface area contributed by atoms with Crippen LogP contribution in [0.15, 0.2) is 23.1 Å². The van der Waals surface area contributed by atoms with Crippen LogP contribution in [0.1, 0.15) is 16.8 Å². The second-order valence-corrected chi connectivity index (χ2v) is 5.73. The van der Waals surface area contributed by atoms with Crippen LogP contribution in [0.2, 0.25) is 0 Å². The molecular formula is C11H15NO5S. The number of amides is 1. The molecule has 0 saturated heterocycles. The molecule has 0 unspecified atom stereocenters. The molecule has 18 heavy (non-hydrogen) atoms. The molecule has 0 aromatic heterocycles. The quantitative estimate of drug-likeness (QED) is 0.755. The SMILES string of the molecule is COc1ccc(S(=O)(=O)CCCO)cc1C(N)=O. The van der Waals surface area contributed by atoms with E-state index >= 15 is 0 Å². The van der Waals surface area contributed by atoms with E-state index in [0.29, 0.717) is 0 Å². The number of aliphatic hydroxyl groups is 1. The zero-order valence-corrected chi connectivity index (χ0v) is 10.7. The van der Waals surface area contributed by atoms with Gasteiger partial charge in [-0.3, -0.25) is 4.79 Å². The van der Waals surface area contributed by atoms with Crippen LogP contribution in [0.4, 0.5) is 0 Å². The first kappa shape index (κ1) is 14.5. The standard InChI is InChI=1S/C11H15NO5S/c1-17-10-4-3-8(7-9(10)11(12)14)18(15,16)6-2-5-13/h3-4,7,13H,2,5-6H2,1H3,(H2,12,14). The van der Waals surface area contributed by atoms with Crippen LogP contribution in [0, 0.1) is 0 Å². The number of rotatable bonds is 6. The fraction of sp³-hybridized carbons (Fsp3) is 0.364. The number of benzene rings is 1. The molecule has 1 aromatic carbocycles. The average molecular weight is 273 g/mol. The average Bonchev–Trinajstić information content (AvgIpc) is 2.35. The molecule has 0 bridgehead atoms. The molecule has 3 N–H and O–H groups in total. The number of ether oxygens (including phenoxy) is 1. The summed E-state index contributed by atoms with van der Waals surface area (Å²) in [5, 5.41) is 8.64. The number of aliphatic hydroxyl groups excluding tert-OH is 1. The molecule has 0 radical (unpaired) electrons. The van der Waals surface area contributed by atoms with Crippen LogP contribution in [0.25, 0.3) is 0 Å². The molecular weight excluding hydrogens is 258 g/mol. The van der Waals surface area contributed by atoms with Crippen LogP contribution < -0.4 is 10.5 Å². The van der Waals surface area contributed by atoms with Crippen molar-refractivity contribution in [2.24, 2.45) is 5.73 Å². The number of carbonyl (C=O) groups excluding carboxylic acids is 1. The predicted molar refractivity (Wildman–Crippen MR) is 65.3 cm³/mol. The third-order valence-electron chi connectivity index (χ3n) is 2.37. The Morgan fingerprint density at radius 3 is 2.61 bits per heavy atom. The maximum absolute atomic E-state index is 11.9. The largest absolute Gasteiger partial charge is 0.496 e. The number of nitrogens with two attached hydrogens (primary N) is 1. The molecule has 0 aliphatic carbocycles. The van der Waals surface area contributed by atoms with E-state index < -0.39 is 15.7 Å². The Morgan fingerprint density at radius 1 is 1.44 bits per heavy atom. The van der Waals surface area contributed by atoms with Crippen molar-refractivity contribution < 1.29 is 23.1 Å². The third-order valence-corrected chi connectivity index (χ3v) is 4.16. The second-order valence-electron chi connectivity index (χ2n) is 3.62. The van der Waals surface area contributed by atoms with Crippen molar-refractivity contribution in [1.29, 1.82) is 0 Å². The van der Waals surface area contributed by atoms with Gasteiger partial charge in [-0.15, -0.1) is 0 Å². The monoisotopic (exact) mass is 273 g/mol. The molecule has 1 aromatic rings. The lowest BCUT2D eigenvalue weighted by molar-refractivity contribution is 0.0997. The first-order chi connectivity index (χ1) is 8.42. The van der Waals surface area contributed by atoms with E-state index in [2.05, 4.69) is 0 Å². The van der Waals surface area contributed by atoms with Crippen molar-refractivity contribution in [3.05, 3.63) is 23.8 Å². The van der Waals surface area contributed by atoms with Gasteiger partial charge >= 0.3 is 0 Å². The zero-order chi connectivity index (χ0) is 13.8. The minimum absolute atomic E-state index is 0.00875. The van der Waals surface area contributed by atoms with Crippen molar-refractivity contribution in [3.8, 4) is 5.75 Å². The maximum atomic E-state index is 11.9. The molecule has 1 rings (SSSR count). The summed E-state index contributed by atoms with van der Waals surface area (Å²) in [6.07, 6.45) is 0.139. The van der Waals surface area contributed by atoms with Crippen molar-refractivity contribution in [3.63, 3.8) is 0 Å².